The van der Waals surface area contributed by atoms with Gasteiger partial charge in [0.1, 0.15) is 11.3 Å². The zero-order chi connectivity index (χ0) is 29.7. The van der Waals surface area contributed by atoms with E-state index in [-0.39, 0.29) is 47.1 Å². The molecule has 11 heteroatoms. The van der Waals surface area contributed by atoms with E-state index < -0.39 is 23.6 Å². The number of aldehydes is 1. The lowest BCUT2D eigenvalue weighted by Gasteiger charge is -2.40. The minimum absolute atomic E-state index is 0.00513. The molecule has 0 bridgehead atoms. The van der Waals surface area contributed by atoms with Gasteiger partial charge in [-0.3, -0.25) is 9.59 Å². The van der Waals surface area contributed by atoms with Crippen molar-refractivity contribution in [2.24, 2.45) is 11.8 Å². The maximum absolute atomic E-state index is 14.1. The highest BCUT2D eigenvalue weighted by Gasteiger charge is 2.38. The Kier molecular flexibility index (Phi) is 9.68. The summed E-state index contributed by atoms with van der Waals surface area (Å²) in [4.78, 5) is 43.5. The molecule has 2 aliphatic rings. The van der Waals surface area contributed by atoms with Crippen molar-refractivity contribution in [3.05, 3.63) is 47.2 Å². The number of benzene rings is 1. The minimum Gasteiger partial charge on any atom is -0.465 e. The van der Waals surface area contributed by atoms with Crippen molar-refractivity contribution in [2.75, 3.05) is 19.1 Å². The van der Waals surface area contributed by atoms with Gasteiger partial charge in [0.15, 0.2) is 6.29 Å². The number of carbonyl (C=O) groups is 3. The molecule has 1 amide bonds. The van der Waals surface area contributed by atoms with Gasteiger partial charge >= 0.3 is 12.1 Å². The largest absolute Gasteiger partial charge is 0.465 e. The molecule has 0 radical (unpaired) electrons. The fraction of sp³-hybridized carbons (Fsp3) is 0.533. The number of amides is 1. The number of esters is 1. The molecule has 0 spiro atoms. The number of hydrogen-bond acceptors (Lipinski definition) is 7. The lowest BCUT2D eigenvalue weighted by molar-refractivity contribution is -0.138. The van der Waals surface area contributed by atoms with E-state index >= 15 is 0 Å². The average Bonchev–Trinajstić information content (AvgIpc) is 2.97. The molecule has 1 aromatic heterocycles. The molecule has 0 aliphatic heterocycles. The highest BCUT2D eigenvalue weighted by Crippen LogP contribution is 2.40. The number of ether oxygens (including phenoxy) is 3. The highest BCUT2D eigenvalue weighted by molar-refractivity contribution is 6.04. The zero-order valence-electron chi connectivity index (χ0n) is 23.4. The van der Waals surface area contributed by atoms with E-state index in [9.17, 15) is 27.6 Å². The van der Waals surface area contributed by atoms with Gasteiger partial charge in [-0.15, -0.1) is 0 Å². The van der Waals surface area contributed by atoms with Crippen LogP contribution in [-0.2, 0) is 20.4 Å². The molecule has 2 aromatic rings. The van der Waals surface area contributed by atoms with Crippen LogP contribution in [0.3, 0.4) is 0 Å². The van der Waals surface area contributed by atoms with Crippen LogP contribution < -0.4 is 9.64 Å². The van der Waals surface area contributed by atoms with Gasteiger partial charge in [0, 0.05) is 30.8 Å². The third kappa shape index (κ3) is 7.06. The maximum atomic E-state index is 14.1. The SMILES string of the molecule is COC(=O)c1cc(Oc2ncc(C=O)cc2C(F)(F)F)ccc1N(C(=O)[C@H]1CC[C@H](C)CC1)C1CCC(OC)CC1. The van der Waals surface area contributed by atoms with Gasteiger partial charge in [-0.05, 0) is 81.5 Å². The third-order valence-electron chi connectivity index (χ3n) is 8.11. The van der Waals surface area contributed by atoms with Crippen LogP contribution in [0.1, 0.15) is 84.6 Å². The summed E-state index contributed by atoms with van der Waals surface area (Å²) in [6, 6.07) is 4.65. The molecule has 0 saturated heterocycles. The third-order valence-corrected chi connectivity index (χ3v) is 8.11. The molecule has 0 N–H and O–H groups in total. The Morgan fingerprint density at radius 3 is 2.27 bits per heavy atom. The van der Waals surface area contributed by atoms with E-state index in [1.165, 1.54) is 25.3 Å². The fourth-order valence-corrected chi connectivity index (χ4v) is 5.73. The number of halogens is 3. The van der Waals surface area contributed by atoms with Gasteiger partial charge in [0.05, 0.1) is 24.5 Å². The summed E-state index contributed by atoms with van der Waals surface area (Å²) in [6.07, 6.45) is 2.72. The highest BCUT2D eigenvalue weighted by atomic mass is 19.4. The number of alkyl halides is 3. The molecule has 0 atom stereocenters. The van der Waals surface area contributed by atoms with Crippen LogP contribution in [0.2, 0.25) is 0 Å². The van der Waals surface area contributed by atoms with Gasteiger partial charge in [-0.25, -0.2) is 9.78 Å². The van der Waals surface area contributed by atoms with Crippen molar-refractivity contribution in [3.8, 4) is 11.6 Å². The zero-order valence-corrected chi connectivity index (χ0v) is 23.4. The van der Waals surface area contributed by atoms with Crippen LogP contribution in [0.15, 0.2) is 30.5 Å². The monoisotopic (exact) mass is 576 g/mol. The lowest BCUT2D eigenvalue weighted by atomic mass is 9.81. The smallest absolute Gasteiger partial charge is 0.421 e. The van der Waals surface area contributed by atoms with Crippen LogP contribution in [0.5, 0.6) is 11.6 Å². The summed E-state index contributed by atoms with van der Waals surface area (Å²) in [5, 5.41) is 0. The van der Waals surface area contributed by atoms with E-state index in [1.54, 1.807) is 12.0 Å². The van der Waals surface area contributed by atoms with Gasteiger partial charge < -0.3 is 19.1 Å². The molecular formula is C30H35F3N2O6. The van der Waals surface area contributed by atoms with Crippen molar-refractivity contribution >= 4 is 23.9 Å². The van der Waals surface area contributed by atoms with E-state index in [1.807, 2.05) is 0 Å². The normalized spacial score (nSPS) is 23.0. The number of anilines is 1. The summed E-state index contributed by atoms with van der Waals surface area (Å²) >= 11 is 0. The Balaban J connectivity index is 1.73. The van der Waals surface area contributed by atoms with E-state index in [0.29, 0.717) is 30.5 Å². The molecule has 2 aliphatic carbocycles. The summed E-state index contributed by atoms with van der Waals surface area (Å²) in [6.45, 7) is 2.17. The van der Waals surface area contributed by atoms with Crippen molar-refractivity contribution in [1.82, 2.24) is 4.98 Å². The molecule has 4 rings (SSSR count). The van der Waals surface area contributed by atoms with Crippen LogP contribution in [-0.4, -0.2) is 49.5 Å². The first-order valence-electron chi connectivity index (χ1n) is 13.8. The fourth-order valence-electron chi connectivity index (χ4n) is 5.73. The van der Waals surface area contributed by atoms with E-state index in [0.717, 1.165) is 44.7 Å². The topological polar surface area (TPSA) is 95.0 Å². The van der Waals surface area contributed by atoms with Crippen molar-refractivity contribution < 1.29 is 41.8 Å². The van der Waals surface area contributed by atoms with Gasteiger partial charge in [-0.2, -0.15) is 13.2 Å². The van der Waals surface area contributed by atoms with E-state index in [2.05, 4.69) is 11.9 Å². The predicted molar refractivity (Wildman–Crippen MR) is 144 cm³/mol. The summed E-state index contributed by atoms with van der Waals surface area (Å²) in [5.41, 5.74) is -1.17. The summed E-state index contributed by atoms with van der Waals surface area (Å²) in [5.74, 6) is -1.35. The van der Waals surface area contributed by atoms with E-state index in [4.69, 9.17) is 14.2 Å². The second-order valence-corrected chi connectivity index (χ2v) is 10.8. The predicted octanol–water partition coefficient (Wildman–Crippen LogP) is 6.61. The molecule has 222 valence electrons. The Labute approximate surface area is 237 Å². The van der Waals surface area contributed by atoms with Gasteiger partial charge in [0.2, 0.25) is 11.8 Å². The van der Waals surface area contributed by atoms with Crippen LogP contribution in [0.4, 0.5) is 18.9 Å². The molecule has 0 unspecified atom stereocenters. The Morgan fingerprint density at radius 1 is 1.00 bits per heavy atom. The number of aromatic nitrogens is 1. The van der Waals surface area contributed by atoms with Crippen molar-refractivity contribution in [1.29, 1.82) is 0 Å². The molecule has 1 aromatic carbocycles. The number of hydrogen-bond donors (Lipinski definition) is 0. The first kappa shape index (κ1) is 30.5. The van der Waals surface area contributed by atoms with Crippen molar-refractivity contribution in [3.63, 3.8) is 0 Å². The number of rotatable bonds is 8. The maximum Gasteiger partial charge on any atom is 0.421 e. The Hall–Kier alpha value is -3.47. The lowest BCUT2D eigenvalue weighted by Crippen LogP contribution is -2.47. The molecule has 41 heavy (non-hydrogen) atoms. The molecule has 2 saturated carbocycles. The van der Waals surface area contributed by atoms with Crippen LogP contribution in [0.25, 0.3) is 0 Å². The van der Waals surface area contributed by atoms with Gasteiger partial charge in [-0.1, -0.05) is 6.92 Å². The number of methoxy groups -OCH3 is 2. The van der Waals surface area contributed by atoms with Crippen LogP contribution >= 0.6 is 0 Å². The second kappa shape index (κ2) is 13.0. The number of nitrogens with zero attached hydrogens (tertiary/aromatic N) is 2. The second-order valence-electron chi connectivity index (χ2n) is 10.8. The Morgan fingerprint density at radius 2 is 1.68 bits per heavy atom. The minimum atomic E-state index is -4.84. The van der Waals surface area contributed by atoms with Gasteiger partial charge in [0.25, 0.3) is 0 Å². The van der Waals surface area contributed by atoms with Crippen molar-refractivity contribution in [2.45, 2.75) is 76.6 Å². The number of pyridine rings is 1. The molecule has 2 fully saturated rings. The van der Waals surface area contributed by atoms with Crippen LogP contribution in [0, 0.1) is 11.8 Å². The molecule has 1 heterocycles. The summed E-state index contributed by atoms with van der Waals surface area (Å²) < 4.78 is 57.1. The summed E-state index contributed by atoms with van der Waals surface area (Å²) in [7, 11) is 2.86. The first-order valence-corrected chi connectivity index (χ1v) is 13.8. The average molecular weight is 577 g/mol. The standard InChI is InChI=1S/C30H35F3N2O6/c1-18-4-6-20(7-5-18)28(37)35(21-8-10-22(39-2)11-9-21)26-13-12-23(15-24(26)29(38)40-3)41-27-25(30(31,32)33)14-19(17-36)16-34-27/h12-18,20-22H,4-11H2,1-3H3/t18-,20-,21?,22?. The molecule has 8 nitrogen and oxygen atoms in total. The number of carbonyl (C=O) groups excluding carboxylic acids is 3. The molecular weight excluding hydrogens is 541 g/mol. The first-order chi connectivity index (χ1) is 19.5. The quantitative estimate of drug-likeness (QED) is 0.258. The Bertz CT molecular complexity index is 1250.